The van der Waals surface area contributed by atoms with E-state index in [-0.39, 0.29) is 0 Å². The molecule has 1 heterocycles. The van der Waals surface area contributed by atoms with Crippen molar-refractivity contribution < 1.29 is 0 Å². The zero-order valence-electron chi connectivity index (χ0n) is 11.0. The van der Waals surface area contributed by atoms with E-state index in [2.05, 4.69) is 41.7 Å². The smallest absolute Gasteiger partial charge is 0.0568 e. The SMILES string of the molecule is CCn1cc(-c2ccc3c(c2)C(NC)CC3)cn1. The van der Waals surface area contributed by atoms with Gasteiger partial charge in [0.1, 0.15) is 0 Å². The molecule has 3 nitrogen and oxygen atoms in total. The first-order valence-corrected chi connectivity index (χ1v) is 6.64. The molecule has 1 aliphatic carbocycles. The maximum Gasteiger partial charge on any atom is 0.0568 e. The Hall–Kier alpha value is -1.61. The highest BCUT2D eigenvalue weighted by Crippen LogP contribution is 2.34. The molecule has 1 unspecified atom stereocenters. The van der Waals surface area contributed by atoms with Crippen LogP contribution < -0.4 is 5.32 Å². The molecule has 1 aromatic heterocycles. The number of aryl methyl sites for hydroxylation is 2. The Balaban J connectivity index is 1.99. The van der Waals surface area contributed by atoms with Gasteiger partial charge in [-0.3, -0.25) is 4.68 Å². The Morgan fingerprint density at radius 2 is 2.28 bits per heavy atom. The maximum atomic E-state index is 4.34. The third kappa shape index (κ3) is 1.85. The Morgan fingerprint density at radius 3 is 3.00 bits per heavy atom. The van der Waals surface area contributed by atoms with Crippen LogP contribution in [-0.2, 0) is 13.0 Å². The molecule has 18 heavy (non-hydrogen) atoms. The van der Waals surface area contributed by atoms with E-state index in [1.54, 1.807) is 0 Å². The van der Waals surface area contributed by atoms with E-state index in [9.17, 15) is 0 Å². The molecule has 1 N–H and O–H groups in total. The zero-order chi connectivity index (χ0) is 12.5. The Kier molecular flexibility index (Phi) is 2.92. The summed E-state index contributed by atoms with van der Waals surface area (Å²) in [6, 6.07) is 7.32. The number of nitrogens with one attached hydrogen (secondary N) is 1. The molecule has 0 radical (unpaired) electrons. The van der Waals surface area contributed by atoms with E-state index in [1.807, 2.05) is 17.9 Å². The van der Waals surface area contributed by atoms with Gasteiger partial charge in [0.15, 0.2) is 0 Å². The van der Waals surface area contributed by atoms with E-state index in [1.165, 1.54) is 35.1 Å². The van der Waals surface area contributed by atoms with E-state index in [4.69, 9.17) is 0 Å². The van der Waals surface area contributed by atoms with Crippen molar-refractivity contribution in [2.75, 3.05) is 7.05 Å². The van der Waals surface area contributed by atoms with Crippen molar-refractivity contribution in [1.82, 2.24) is 15.1 Å². The van der Waals surface area contributed by atoms with Crippen molar-refractivity contribution in [3.8, 4) is 11.1 Å². The van der Waals surface area contributed by atoms with Gasteiger partial charge in [0.05, 0.1) is 6.20 Å². The van der Waals surface area contributed by atoms with Crippen molar-refractivity contribution in [2.24, 2.45) is 0 Å². The number of rotatable bonds is 3. The lowest BCUT2D eigenvalue weighted by Crippen LogP contribution is -2.12. The Morgan fingerprint density at radius 1 is 1.39 bits per heavy atom. The molecular formula is C15H19N3. The van der Waals surface area contributed by atoms with Crippen LogP contribution in [0.5, 0.6) is 0 Å². The van der Waals surface area contributed by atoms with Crippen LogP contribution in [0, 0.1) is 0 Å². The summed E-state index contributed by atoms with van der Waals surface area (Å²) < 4.78 is 1.97. The molecule has 0 saturated carbocycles. The topological polar surface area (TPSA) is 29.9 Å². The second kappa shape index (κ2) is 4.58. The first kappa shape index (κ1) is 11.5. The van der Waals surface area contributed by atoms with Crippen LogP contribution in [0.1, 0.15) is 30.5 Å². The minimum absolute atomic E-state index is 0.515. The van der Waals surface area contributed by atoms with E-state index < -0.39 is 0 Å². The highest BCUT2D eigenvalue weighted by Gasteiger charge is 2.21. The molecule has 0 amide bonds. The van der Waals surface area contributed by atoms with E-state index in [0.29, 0.717) is 6.04 Å². The summed E-state index contributed by atoms with van der Waals surface area (Å²) in [6.07, 6.45) is 6.47. The fraction of sp³-hybridized carbons (Fsp3) is 0.400. The van der Waals surface area contributed by atoms with Crippen molar-refractivity contribution in [2.45, 2.75) is 32.4 Å². The van der Waals surface area contributed by atoms with Gasteiger partial charge in [-0.15, -0.1) is 0 Å². The quantitative estimate of drug-likeness (QED) is 0.895. The standard InChI is InChI=1S/C15H19N3/c1-3-18-10-13(9-17-18)12-5-4-11-6-7-15(16-2)14(11)8-12/h4-5,8-10,15-16H,3,6-7H2,1-2H3. The summed E-state index contributed by atoms with van der Waals surface area (Å²) in [5.41, 5.74) is 5.43. The summed E-state index contributed by atoms with van der Waals surface area (Å²) >= 11 is 0. The van der Waals surface area contributed by atoms with Gasteiger partial charge in [-0.25, -0.2) is 0 Å². The lowest BCUT2D eigenvalue weighted by Gasteiger charge is -2.11. The first-order chi connectivity index (χ1) is 8.81. The largest absolute Gasteiger partial charge is 0.313 e. The monoisotopic (exact) mass is 241 g/mol. The fourth-order valence-electron chi connectivity index (χ4n) is 2.77. The van der Waals surface area contributed by atoms with E-state index >= 15 is 0 Å². The molecule has 0 bridgehead atoms. The lowest BCUT2D eigenvalue weighted by atomic mass is 10.0. The fourth-order valence-corrected chi connectivity index (χ4v) is 2.77. The molecule has 0 fully saturated rings. The predicted molar refractivity (Wildman–Crippen MR) is 73.5 cm³/mol. The van der Waals surface area contributed by atoms with Crippen LogP contribution in [0.3, 0.4) is 0 Å². The van der Waals surface area contributed by atoms with Gasteiger partial charge in [-0.05, 0) is 49.6 Å². The van der Waals surface area contributed by atoms with Crippen LogP contribution in [0.2, 0.25) is 0 Å². The van der Waals surface area contributed by atoms with Gasteiger partial charge in [0, 0.05) is 24.3 Å². The summed E-state index contributed by atoms with van der Waals surface area (Å²) in [5.74, 6) is 0. The molecule has 1 atom stereocenters. The third-order valence-corrected chi connectivity index (χ3v) is 3.86. The third-order valence-electron chi connectivity index (χ3n) is 3.86. The van der Waals surface area contributed by atoms with Gasteiger partial charge < -0.3 is 5.32 Å². The van der Waals surface area contributed by atoms with Gasteiger partial charge in [-0.1, -0.05) is 12.1 Å². The second-order valence-electron chi connectivity index (χ2n) is 4.88. The predicted octanol–water partition coefficient (Wildman–Crippen LogP) is 2.78. The van der Waals surface area contributed by atoms with Crippen LogP contribution >= 0.6 is 0 Å². The van der Waals surface area contributed by atoms with Gasteiger partial charge in [-0.2, -0.15) is 5.10 Å². The summed E-state index contributed by atoms with van der Waals surface area (Å²) in [6.45, 7) is 3.03. The highest BCUT2D eigenvalue weighted by molar-refractivity contribution is 5.64. The van der Waals surface area contributed by atoms with Crippen LogP contribution in [0.25, 0.3) is 11.1 Å². The molecular weight excluding hydrogens is 222 g/mol. The summed E-state index contributed by atoms with van der Waals surface area (Å²) in [4.78, 5) is 0. The molecule has 0 saturated heterocycles. The minimum atomic E-state index is 0.515. The molecule has 94 valence electrons. The zero-order valence-corrected chi connectivity index (χ0v) is 11.0. The van der Waals surface area contributed by atoms with Crippen molar-refractivity contribution >= 4 is 0 Å². The normalized spacial score (nSPS) is 18.0. The second-order valence-corrected chi connectivity index (χ2v) is 4.88. The number of benzene rings is 1. The number of hydrogen-bond donors (Lipinski definition) is 1. The Bertz CT molecular complexity index is 557. The molecule has 0 aliphatic heterocycles. The average molecular weight is 241 g/mol. The number of hydrogen-bond acceptors (Lipinski definition) is 2. The first-order valence-electron chi connectivity index (χ1n) is 6.64. The number of fused-ring (bicyclic) bond motifs is 1. The lowest BCUT2D eigenvalue weighted by molar-refractivity contribution is 0.590. The van der Waals surface area contributed by atoms with E-state index in [0.717, 1.165) is 6.54 Å². The molecule has 1 aliphatic rings. The Labute approximate surface area is 108 Å². The number of nitrogens with zero attached hydrogens (tertiary/aromatic N) is 2. The number of aromatic nitrogens is 2. The van der Waals surface area contributed by atoms with Gasteiger partial charge >= 0.3 is 0 Å². The van der Waals surface area contributed by atoms with Crippen molar-refractivity contribution in [1.29, 1.82) is 0 Å². The summed E-state index contributed by atoms with van der Waals surface area (Å²) in [7, 11) is 2.04. The van der Waals surface area contributed by atoms with Gasteiger partial charge in [0.2, 0.25) is 0 Å². The van der Waals surface area contributed by atoms with Crippen LogP contribution in [-0.4, -0.2) is 16.8 Å². The maximum absolute atomic E-state index is 4.34. The highest BCUT2D eigenvalue weighted by atomic mass is 15.3. The van der Waals surface area contributed by atoms with Crippen molar-refractivity contribution in [3.63, 3.8) is 0 Å². The molecule has 3 heteroatoms. The van der Waals surface area contributed by atoms with Crippen LogP contribution in [0.4, 0.5) is 0 Å². The average Bonchev–Trinajstić information content (AvgIpc) is 3.04. The molecule has 1 aromatic carbocycles. The van der Waals surface area contributed by atoms with Crippen molar-refractivity contribution in [3.05, 3.63) is 41.7 Å². The van der Waals surface area contributed by atoms with Crippen LogP contribution in [0.15, 0.2) is 30.6 Å². The molecule has 2 aromatic rings. The molecule has 3 rings (SSSR count). The minimum Gasteiger partial charge on any atom is -0.313 e. The summed E-state index contributed by atoms with van der Waals surface area (Å²) in [5, 5.41) is 7.74. The molecule has 0 spiro atoms. The van der Waals surface area contributed by atoms with Gasteiger partial charge in [0.25, 0.3) is 0 Å².